The number of halogens is 1. The number of fused-ring (bicyclic) bond motifs is 3. The maximum atomic E-state index is 12.9. The molecule has 0 aliphatic carbocycles. The Balaban J connectivity index is 1.45. The van der Waals surface area contributed by atoms with Crippen LogP contribution < -0.4 is 10.1 Å². The second-order valence-corrected chi connectivity index (χ2v) is 7.35. The average molecular weight is 397 g/mol. The van der Waals surface area contributed by atoms with E-state index >= 15 is 0 Å². The summed E-state index contributed by atoms with van der Waals surface area (Å²) in [5, 5.41) is 2.59. The van der Waals surface area contributed by atoms with Gasteiger partial charge in [-0.25, -0.2) is 9.18 Å². The number of carbonyl (C=O) groups excluding carboxylic acids is 2. The third-order valence-electron chi connectivity index (χ3n) is 4.29. The van der Waals surface area contributed by atoms with Crippen molar-refractivity contribution < 1.29 is 23.5 Å². The molecule has 0 fully saturated rings. The first kappa shape index (κ1) is 18.2. The zero-order valence-electron chi connectivity index (χ0n) is 14.9. The van der Waals surface area contributed by atoms with Gasteiger partial charge in [-0.3, -0.25) is 4.79 Å². The molecule has 1 amide bonds. The van der Waals surface area contributed by atoms with Gasteiger partial charge >= 0.3 is 5.97 Å². The number of anilines is 1. The monoisotopic (exact) mass is 397 g/mol. The standard InChI is InChI=1S/C21H16FNO4S/c1-12(20(24)23-15-8-6-14(22)7-9-15)27-21(25)18-10-13-11-26-17-5-3-2-4-16(17)19(13)28-18/h2-10,12H,11H2,1H3,(H,23,24)/t12-/m0/s1. The summed E-state index contributed by atoms with van der Waals surface area (Å²) in [7, 11) is 0. The van der Waals surface area contributed by atoms with Gasteiger partial charge in [0.1, 0.15) is 23.1 Å². The number of rotatable bonds is 4. The normalized spacial score (nSPS) is 12.9. The van der Waals surface area contributed by atoms with Crippen molar-refractivity contribution in [3.63, 3.8) is 0 Å². The molecule has 5 nitrogen and oxygen atoms in total. The minimum atomic E-state index is -1.000. The second-order valence-electron chi connectivity index (χ2n) is 6.29. The van der Waals surface area contributed by atoms with Crippen molar-refractivity contribution in [1.82, 2.24) is 0 Å². The lowest BCUT2D eigenvalue weighted by molar-refractivity contribution is -0.123. The molecule has 1 aromatic heterocycles. The molecule has 0 bridgehead atoms. The van der Waals surface area contributed by atoms with E-state index in [2.05, 4.69) is 5.32 Å². The molecule has 2 heterocycles. The SMILES string of the molecule is C[C@H](OC(=O)c1cc2c(s1)-c1ccccc1OC2)C(=O)Nc1ccc(F)cc1. The highest BCUT2D eigenvalue weighted by Gasteiger charge is 2.25. The fourth-order valence-electron chi connectivity index (χ4n) is 2.85. The van der Waals surface area contributed by atoms with Gasteiger partial charge < -0.3 is 14.8 Å². The number of para-hydroxylation sites is 1. The van der Waals surface area contributed by atoms with Gasteiger partial charge in [-0.15, -0.1) is 11.3 Å². The van der Waals surface area contributed by atoms with Crippen LogP contribution in [0.4, 0.5) is 10.1 Å². The van der Waals surface area contributed by atoms with Crippen LogP contribution in [0.5, 0.6) is 5.75 Å². The lowest BCUT2D eigenvalue weighted by Gasteiger charge is -2.16. The predicted octanol–water partition coefficient (Wildman–Crippen LogP) is 4.63. The summed E-state index contributed by atoms with van der Waals surface area (Å²) in [6, 6.07) is 14.7. The maximum Gasteiger partial charge on any atom is 0.349 e. The summed E-state index contributed by atoms with van der Waals surface area (Å²) >= 11 is 1.32. The van der Waals surface area contributed by atoms with Gasteiger partial charge in [-0.2, -0.15) is 0 Å². The molecule has 0 unspecified atom stereocenters. The number of esters is 1. The van der Waals surface area contributed by atoms with Crippen molar-refractivity contribution in [1.29, 1.82) is 0 Å². The smallest absolute Gasteiger partial charge is 0.349 e. The summed E-state index contributed by atoms with van der Waals surface area (Å²) in [4.78, 5) is 26.1. The van der Waals surface area contributed by atoms with Crippen LogP contribution >= 0.6 is 11.3 Å². The van der Waals surface area contributed by atoms with E-state index in [0.717, 1.165) is 21.8 Å². The van der Waals surface area contributed by atoms with Crippen molar-refractivity contribution in [2.75, 3.05) is 5.32 Å². The Bertz CT molecular complexity index is 1040. The molecular weight excluding hydrogens is 381 g/mol. The van der Waals surface area contributed by atoms with Gasteiger partial charge in [0.05, 0.1) is 0 Å². The molecule has 0 radical (unpaired) electrons. The molecule has 1 N–H and O–H groups in total. The van der Waals surface area contributed by atoms with Crippen LogP contribution in [0.2, 0.25) is 0 Å². The predicted molar refractivity (Wildman–Crippen MR) is 104 cm³/mol. The van der Waals surface area contributed by atoms with Crippen LogP contribution in [0, 0.1) is 5.82 Å². The number of carbonyl (C=O) groups is 2. The van der Waals surface area contributed by atoms with Gasteiger partial charge in [0.25, 0.3) is 5.91 Å². The minimum Gasteiger partial charge on any atom is -0.488 e. The number of hydrogen-bond acceptors (Lipinski definition) is 5. The number of benzene rings is 2. The first-order valence-electron chi connectivity index (χ1n) is 8.63. The maximum absolute atomic E-state index is 12.9. The van der Waals surface area contributed by atoms with Crippen LogP contribution in [0.1, 0.15) is 22.2 Å². The first-order chi connectivity index (χ1) is 13.5. The quantitative estimate of drug-likeness (QED) is 0.652. The number of amides is 1. The number of ether oxygens (including phenoxy) is 2. The van der Waals surface area contributed by atoms with E-state index in [1.54, 1.807) is 6.07 Å². The zero-order valence-corrected chi connectivity index (χ0v) is 15.7. The Hall–Kier alpha value is -3.19. The highest BCUT2D eigenvalue weighted by Crippen LogP contribution is 2.42. The molecule has 0 saturated heterocycles. The van der Waals surface area contributed by atoms with E-state index in [-0.39, 0.29) is 0 Å². The van der Waals surface area contributed by atoms with E-state index in [1.807, 2.05) is 24.3 Å². The van der Waals surface area contributed by atoms with E-state index in [0.29, 0.717) is 17.2 Å². The fraction of sp³-hybridized carbons (Fsp3) is 0.143. The highest BCUT2D eigenvalue weighted by atomic mass is 32.1. The molecule has 0 spiro atoms. The molecule has 1 atom stereocenters. The van der Waals surface area contributed by atoms with E-state index in [4.69, 9.17) is 9.47 Å². The summed E-state index contributed by atoms with van der Waals surface area (Å²) in [6.07, 6.45) is -1.000. The van der Waals surface area contributed by atoms with Crippen LogP contribution in [-0.4, -0.2) is 18.0 Å². The number of thiophene rings is 1. The molecule has 3 aromatic rings. The highest BCUT2D eigenvalue weighted by molar-refractivity contribution is 7.17. The summed E-state index contributed by atoms with van der Waals surface area (Å²) < 4.78 is 23.9. The van der Waals surface area contributed by atoms with E-state index < -0.39 is 23.8 Å². The molecule has 2 aromatic carbocycles. The molecule has 4 rings (SSSR count). The summed E-state index contributed by atoms with van der Waals surface area (Å²) in [5.41, 5.74) is 2.28. The van der Waals surface area contributed by atoms with E-state index in [9.17, 15) is 14.0 Å². The molecule has 0 saturated carbocycles. The number of nitrogens with one attached hydrogen (secondary N) is 1. The Morgan fingerprint density at radius 3 is 2.71 bits per heavy atom. The van der Waals surface area contributed by atoms with Crippen LogP contribution in [0.3, 0.4) is 0 Å². The number of hydrogen-bond donors (Lipinski definition) is 1. The van der Waals surface area contributed by atoms with Crippen molar-refractivity contribution in [3.05, 3.63) is 70.9 Å². The van der Waals surface area contributed by atoms with Crippen LogP contribution in [0.15, 0.2) is 54.6 Å². The molecular formula is C21H16FNO4S. The zero-order chi connectivity index (χ0) is 19.7. The Morgan fingerprint density at radius 2 is 1.93 bits per heavy atom. The molecule has 28 heavy (non-hydrogen) atoms. The topological polar surface area (TPSA) is 64.6 Å². The molecule has 142 valence electrons. The Morgan fingerprint density at radius 1 is 1.18 bits per heavy atom. The molecule has 7 heteroatoms. The van der Waals surface area contributed by atoms with Gasteiger partial charge in [-0.1, -0.05) is 12.1 Å². The lowest BCUT2D eigenvalue weighted by Crippen LogP contribution is -2.29. The molecule has 1 aliphatic heterocycles. The first-order valence-corrected chi connectivity index (χ1v) is 9.45. The Labute approximate surface area is 164 Å². The second kappa shape index (κ2) is 7.44. The van der Waals surface area contributed by atoms with Gasteiger partial charge in [0, 0.05) is 21.7 Å². The van der Waals surface area contributed by atoms with Crippen molar-refractivity contribution in [2.24, 2.45) is 0 Å². The summed E-state index contributed by atoms with van der Waals surface area (Å²) in [6.45, 7) is 1.87. The van der Waals surface area contributed by atoms with Gasteiger partial charge in [0.15, 0.2) is 6.10 Å². The van der Waals surface area contributed by atoms with Crippen molar-refractivity contribution >= 4 is 28.9 Å². The van der Waals surface area contributed by atoms with Crippen LogP contribution in [-0.2, 0) is 16.1 Å². The summed E-state index contributed by atoms with van der Waals surface area (Å²) in [5.74, 6) is -0.679. The van der Waals surface area contributed by atoms with Gasteiger partial charge in [-0.05, 0) is 49.4 Å². The average Bonchev–Trinajstić information content (AvgIpc) is 3.14. The van der Waals surface area contributed by atoms with E-state index in [1.165, 1.54) is 42.5 Å². The van der Waals surface area contributed by atoms with Gasteiger partial charge in [0.2, 0.25) is 0 Å². The fourth-order valence-corrected chi connectivity index (χ4v) is 3.93. The third-order valence-corrected chi connectivity index (χ3v) is 5.48. The Kier molecular flexibility index (Phi) is 4.83. The molecule has 1 aliphatic rings. The minimum absolute atomic E-state index is 0.386. The third kappa shape index (κ3) is 3.61. The van der Waals surface area contributed by atoms with Crippen molar-refractivity contribution in [2.45, 2.75) is 19.6 Å². The van der Waals surface area contributed by atoms with Crippen LogP contribution in [0.25, 0.3) is 10.4 Å². The lowest BCUT2D eigenvalue weighted by atomic mass is 10.1. The van der Waals surface area contributed by atoms with Crippen molar-refractivity contribution in [3.8, 4) is 16.2 Å². The largest absolute Gasteiger partial charge is 0.488 e.